The first kappa shape index (κ1) is 25.0. The summed E-state index contributed by atoms with van der Waals surface area (Å²) in [5.74, 6) is -0.655. The van der Waals surface area contributed by atoms with Crippen LogP contribution in [0.5, 0.6) is 11.5 Å². The third-order valence-electron chi connectivity index (χ3n) is 6.53. The molecule has 0 radical (unpaired) electrons. The van der Waals surface area contributed by atoms with Crippen molar-refractivity contribution in [3.05, 3.63) is 101 Å². The van der Waals surface area contributed by atoms with Crippen LogP contribution in [-0.4, -0.2) is 35.9 Å². The molecule has 0 bridgehead atoms. The van der Waals surface area contributed by atoms with Crippen molar-refractivity contribution < 1.29 is 24.2 Å². The van der Waals surface area contributed by atoms with Gasteiger partial charge in [-0.2, -0.15) is 0 Å². The van der Waals surface area contributed by atoms with Crippen molar-refractivity contribution in [2.75, 3.05) is 14.2 Å². The number of hydrogen-bond donors (Lipinski definition) is 1. The van der Waals surface area contributed by atoms with Gasteiger partial charge in [-0.15, -0.1) is 0 Å². The van der Waals surface area contributed by atoms with Gasteiger partial charge in [-0.1, -0.05) is 75.4 Å². The molecule has 1 amide bonds. The first-order valence-corrected chi connectivity index (χ1v) is 11.8. The number of amides is 1. The first-order chi connectivity index (χ1) is 17.2. The van der Waals surface area contributed by atoms with E-state index in [4.69, 9.17) is 9.47 Å². The Morgan fingerprint density at radius 2 is 1.44 bits per heavy atom. The summed E-state index contributed by atoms with van der Waals surface area (Å²) in [4.78, 5) is 28.3. The molecular weight excluding hydrogens is 454 g/mol. The van der Waals surface area contributed by atoms with Crippen molar-refractivity contribution in [1.29, 1.82) is 0 Å². The quantitative estimate of drug-likeness (QED) is 0.278. The number of para-hydroxylation sites is 2. The van der Waals surface area contributed by atoms with E-state index < -0.39 is 17.7 Å². The van der Waals surface area contributed by atoms with Gasteiger partial charge in [-0.3, -0.25) is 9.59 Å². The fourth-order valence-corrected chi connectivity index (χ4v) is 4.56. The number of ether oxygens (including phenoxy) is 2. The number of ketones is 1. The number of carbonyl (C=O) groups is 2. The van der Waals surface area contributed by atoms with Crippen LogP contribution in [0.25, 0.3) is 5.76 Å². The van der Waals surface area contributed by atoms with Crippen LogP contribution < -0.4 is 9.47 Å². The zero-order valence-corrected chi connectivity index (χ0v) is 21.2. The molecule has 1 aliphatic heterocycles. The number of nitrogens with zero attached hydrogens (tertiary/aromatic N) is 1. The maximum Gasteiger partial charge on any atom is 0.295 e. The van der Waals surface area contributed by atoms with E-state index in [0.717, 1.165) is 16.7 Å². The summed E-state index contributed by atoms with van der Waals surface area (Å²) in [5, 5.41) is 11.4. The molecule has 1 fully saturated rings. The van der Waals surface area contributed by atoms with E-state index in [9.17, 15) is 14.7 Å². The molecule has 1 N–H and O–H groups in total. The molecular formula is C30H31NO5. The molecule has 0 aromatic heterocycles. The van der Waals surface area contributed by atoms with E-state index in [0.29, 0.717) is 17.1 Å². The SMILES string of the molecule is COc1ccccc1CN1C(=O)C(=O)/C(=C(\O)c2ccccc2OC)C1c1ccc(C(C)(C)C)cc1. The lowest BCUT2D eigenvalue weighted by Gasteiger charge is -2.27. The van der Waals surface area contributed by atoms with Crippen LogP contribution in [0.4, 0.5) is 0 Å². The molecule has 1 heterocycles. The highest BCUT2D eigenvalue weighted by atomic mass is 16.5. The van der Waals surface area contributed by atoms with Crippen LogP contribution in [0, 0.1) is 0 Å². The normalized spacial score (nSPS) is 17.4. The average molecular weight is 486 g/mol. The molecule has 1 atom stereocenters. The topological polar surface area (TPSA) is 76.1 Å². The Kier molecular flexibility index (Phi) is 6.88. The summed E-state index contributed by atoms with van der Waals surface area (Å²) >= 11 is 0. The minimum Gasteiger partial charge on any atom is -0.507 e. The lowest BCUT2D eigenvalue weighted by atomic mass is 9.85. The van der Waals surface area contributed by atoms with Crippen molar-refractivity contribution in [2.45, 2.75) is 38.8 Å². The number of hydrogen-bond acceptors (Lipinski definition) is 5. The van der Waals surface area contributed by atoms with Crippen LogP contribution in [0.3, 0.4) is 0 Å². The van der Waals surface area contributed by atoms with Crippen LogP contribution >= 0.6 is 0 Å². The lowest BCUT2D eigenvalue weighted by molar-refractivity contribution is -0.140. The second kappa shape index (κ2) is 9.90. The number of aliphatic hydroxyl groups excluding tert-OH is 1. The van der Waals surface area contributed by atoms with Crippen molar-refractivity contribution in [3.63, 3.8) is 0 Å². The van der Waals surface area contributed by atoms with Crippen LogP contribution in [-0.2, 0) is 21.5 Å². The Morgan fingerprint density at radius 1 is 0.861 bits per heavy atom. The summed E-state index contributed by atoms with van der Waals surface area (Å²) in [5.41, 5.74) is 2.94. The molecule has 1 unspecified atom stereocenters. The van der Waals surface area contributed by atoms with E-state index in [1.165, 1.54) is 12.0 Å². The Morgan fingerprint density at radius 3 is 2.06 bits per heavy atom. The minimum atomic E-state index is -0.783. The third kappa shape index (κ3) is 4.59. The van der Waals surface area contributed by atoms with Crippen LogP contribution in [0.2, 0.25) is 0 Å². The molecule has 0 aliphatic carbocycles. The minimum absolute atomic E-state index is 0.0305. The van der Waals surface area contributed by atoms with Crippen molar-refractivity contribution in [1.82, 2.24) is 4.90 Å². The number of aliphatic hydroxyl groups is 1. The summed E-state index contributed by atoms with van der Waals surface area (Å²) in [6, 6.07) is 21.3. The van der Waals surface area contributed by atoms with Gasteiger partial charge in [-0.25, -0.2) is 0 Å². The molecule has 36 heavy (non-hydrogen) atoms. The van der Waals surface area contributed by atoms with Gasteiger partial charge in [0.25, 0.3) is 11.7 Å². The number of likely N-dealkylation sites (tertiary alicyclic amines) is 1. The highest BCUT2D eigenvalue weighted by Gasteiger charge is 2.46. The smallest absolute Gasteiger partial charge is 0.295 e. The Hall–Kier alpha value is -4.06. The van der Waals surface area contributed by atoms with Crippen molar-refractivity contribution in [3.8, 4) is 11.5 Å². The van der Waals surface area contributed by atoms with Crippen molar-refractivity contribution >= 4 is 17.4 Å². The summed E-state index contributed by atoms with van der Waals surface area (Å²) in [6.07, 6.45) is 0. The Bertz CT molecular complexity index is 1320. The molecule has 6 nitrogen and oxygen atoms in total. The largest absolute Gasteiger partial charge is 0.507 e. The molecule has 6 heteroatoms. The van der Waals surface area contributed by atoms with Gasteiger partial charge in [0.1, 0.15) is 17.3 Å². The van der Waals surface area contributed by atoms with E-state index in [-0.39, 0.29) is 23.3 Å². The number of benzene rings is 3. The zero-order chi connectivity index (χ0) is 26.0. The standard InChI is InChI=1S/C30H31NO5/c1-30(2,3)21-16-14-19(15-17-21)26-25(27(32)22-11-7-9-13-24(22)36-5)28(33)29(34)31(26)18-20-10-6-8-12-23(20)35-4/h6-17,26,32H,18H2,1-5H3/b27-25-. The second-order valence-corrected chi connectivity index (χ2v) is 9.81. The fourth-order valence-electron chi connectivity index (χ4n) is 4.56. The lowest BCUT2D eigenvalue weighted by Crippen LogP contribution is -2.29. The van der Waals surface area contributed by atoms with E-state index in [1.807, 2.05) is 48.5 Å². The zero-order valence-electron chi connectivity index (χ0n) is 21.2. The molecule has 4 rings (SSSR count). The number of rotatable bonds is 6. The molecule has 186 valence electrons. The summed E-state index contributed by atoms with van der Waals surface area (Å²) < 4.78 is 10.9. The highest BCUT2D eigenvalue weighted by molar-refractivity contribution is 6.46. The van der Waals surface area contributed by atoms with Gasteiger partial charge >= 0.3 is 0 Å². The predicted octanol–water partition coefficient (Wildman–Crippen LogP) is 5.62. The monoisotopic (exact) mass is 485 g/mol. The third-order valence-corrected chi connectivity index (χ3v) is 6.53. The van der Waals surface area contributed by atoms with Gasteiger partial charge in [-0.05, 0) is 34.7 Å². The van der Waals surface area contributed by atoms with E-state index >= 15 is 0 Å². The molecule has 3 aromatic rings. The van der Waals surface area contributed by atoms with Crippen LogP contribution in [0.1, 0.15) is 49.1 Å². The summed E-state index contributed by atoms with van der Waals surface area (Å²) in [7, 11) is 3.06. The van der Waals surface area contributed by atoms with Gasteiger partial charge in [0, 0.05) is 5.56 Å². The Labute approximate surface area is 211 Å². The number of methoxy groups -OCH3 is 2. The molecule has 1 saturated heterocycles. The highest BCUT2D eigenvalue weighted by Crippen LogP contribution is 2.42. The molecule has 1 aliphatic rings. The molecule has 3 aromatic carbocycles. The van der Waals surface area contributed by atoms with E-state index in [2.05, 4.69) is 20.8 Å². The predicted molar refractivity (Wildman–Crippen MR) is 139 cm³/mol. The maximum atomic E-state index is 13.4. The van der Waals surface area contributed by atoms with Gasteiger partial charge in [0.2, 0.25) is 0 Å². The number of carbonyl (C=O) groups excluding carboxylic acids is 2. The molecule has 0 spiro atoms. The fraction of sp³-hybridized carbons (Fsp3) is 0.267. The average Bonchev–Trinajstić information content (AvgIpc) is 3.13. The molecule has 0 saturated carbocycles. The van der Waals surface area contributed by atoms with Gasteiger partial charge in [0.05, 0.1) is 37.9 Å². The maximum absolute atomic E-state index is 13.4. The Balaban J connectivity index is 1.90. The van der Waals surface area contributed by atoms with Gasteiger partial charge < -0.3 is 19.5 Å². The summed E-state index contributed by atoms with van der Waals surface area (Å²) in [6.45, 7) is 6.51. The van der Waals surface area contributed by atoms with Gasteiger partial charge in [0.15, 0.2) is 0 Å². The van der Waals surface area contributed by atoms with Crippen LogP contribution in [0.15, 0.2) is 78.4 Å². The van der Waals surface area contributed by atoms with E-state index in [1.54, 1.807) is 31.4 Å². The van der Waals surface area contributed by atoms with Crippen molar-refractivity contribution in [2.24, 2.45) is 0 Å². The second-order valence-electron chi connectivity index (χ2n) is 9.81. The number of Topliss-reactive ketones (excluding diaryl/α,β-unsaturated/α-hetero) is 1. The first-order valence-electron chi connectivity index (χ1n) is 11.8.